The molecule has 3 aromatic carbocycles. The van der Waals surface area contributed by atoms with Gasteiger partial charge in [-0.15, -0.1) is 6.58 Å². The molecule has 1 aliphatic rings. The van der Waals surface area contributed by atoms with E-state index >= 15 is 0 Å². The van der Waals surface area contributed by atoms with E-state index in [4.69, 9.17) is 0 Å². The summed E-state index contributed by atoms with van der Waals surface area (Å²) in [6, 6.07) is 17.9. The van der Waals surface area contributed by atoms with Crippen LogP contribution in [0, 0.1) is 36.4 Å². The Morgan fingerprint density at radius 3 is 2.47 bits per heavy atom. The quantitative estimate of drug-likeness (QED) is 0.314. The van der Waals surface area contributed by atoms with E-state index in [0.717, 1.165) is 34.8 Å². The van der Waals surface area contributed by atoms with Crippen LogP contribution in [-0.4, -0.2) is 0 Å². The Kier molecular flexibility index (Phi) is 6.34. The first kappa shape index (κ1) is 20.4. The molecule has 0 bridgehead atoms. The van der Waals surface area contributed by atoms with Crippen molar-refractivity contribution < 1.29 is 4.39 Å². The van der Waals surface area contributed by atoms with Crippen LogP contribution in [0.3, 0.4) is 0 Å². The van der Waals surface area contributed by atoms with Crippen LogP contribution in [0.15, 0.2) is 67.3 Å². The number of fused-ring (bicyclic) bond motifs is 1. The molecular weight excluding hydrogens is 367 g/mol. The molecule has 152 valence electrons. The number of aryl methyl sites for hydroxylation is 2. The van der Waals surface area contributed by atoms with Gasteiger partial charge in [-0.05, 0) is 86.4 Å². The molecule has 1 aliphatic carbocycles. The van der Waals surface area contributed by atoms with Gasteiger partial charge < -0.3 is 0 Å². The van der Waals surface area contributed by atoms with Crippen LogP contribution < -0.4 is 0 Å². The lowest BCUT2D eigenvalue weighted by Gasteiger charge is -2.26. The fourth-order valence-electron chi connectivity index (χ4n) is 4.49. The first-order valence-corrected chi connectivity index (χ1v) is 11.0. The standard InChI is InChI=1S/C29H29F/c1-3-22-5-7-23(8-6-22)9-10-24-11-13-25(14-12-24)15-16-26-17-18-27-20-21(2)4-19-28(27)29(26)30/h3-4,11-14,17-20,22-23H,1,5-10H2,2H3. The number of benzene rings is 3. The van der Waals surface area contributed by atoms with Crippen molar-refractivity contribution in [3.8, 4) is 11.8 Å². The van der Waals surface area contributed by atoms with Crippen LogP contribution in [0.1, 0.15) is 54.4 Å². The minimum atomic E-state index is -0.234. The lowest BCUT2D eigenvalue weighted by Crippen LogP contribution is -2.13. The Hall–Kier alpha value is -2.85. The van der Waals surface area contributed by atoms with Gasteiger partial charge in [-0.25, -0.2) is 4.39 Å². The average Bonchev–Trinajstić information content (AvgIpc) is 2.78. The molecule has 1 saturated carbocycles. The van der Waals surface area contributed by atoms with E-state index in [1.165, 1.54) is 37.7 Å². The third kappa shape index (κ3) is 4.82. The van der Waals surface area contributed by atoms with Crippen molar-refractivity contribution in [2.45, 2.75) is 45.4 Å². The first-order valence-electron chi connectivity index (χ1n) is 11.0. The van der Waals surface area contributed by atoms with E-state index in [1.807, 2.05) is 31.2 Å². The third-order valence-corrected chi connectivity index (χ3v) is 6.47. The average molecular weight is 397 g/mol. The van der Waals surface area contributed by atoms with E-state index in [2.05, 4.69) is 48.8 Å². The van der Waals surface area contributed by atoms with E-state index in [0.29, 0.717) is 10.9 Å². The minimum Gasteiger partial charge on any atom is -0.205 e. The molecule has 4 rings (SSSR count). The first-order chi connectivity index (χ1) is 14.6. The van der Waals surface area contributed by atoms with Crippen molar-refractivity contribution >= 4 is 10.8 Å². The van der Waals surface area contributed by atoms with Gasteiger partial charge in [-0.2, -0.15) is 0 Å². The highest BCUT2D eigenvalue weighted by molar-refractivity contribution is 5.85. The maximum atomic E-state index is 14.8. The molecular formula is C29H29F. The molecule has 1 fully saturated rings. The molecule has 0 nitrogen and oxygen atoms in total. The summed E-state index contributed by atoms with van der Waals surface area (Å²) in [4.78, 5) is 0. The van der Waals surface area contributed by atoms with Crippen molar-refractivity contribution in [2.24, 2.45) is 11.8 Å². The summed E-state index contributed by atoms with van der Waals surface area (Å²) in [5.74, 6) is 7.48. The number of rotatable bonds is 4. The molecule has 0 aliphatic heterocycles. The topological polar surface area (TPSA) is 0 Å². The van der Waals surface area contributed by atoms with E-state index in [-0.39, 0.29) is 5.82 Å². The number of hydrogen-bond donors (Lipinski definition) is 0. The van der Waals surface area contributed by atoms with Gasteiger partial charge in [0, 0.05) is 10.9 Å². The van der Waals surface area contributed by atoms with Gasteiger partial charge in [-0.1, -0.05) is 59.9 Å². The summed E-state index contributed by atoms with van der Waals surface area (Å²) in [6.07, 6.45) is 9.77. The summed E-state index contributed by atoms with van der Waals surface area (Å²) >= 11 is 0. The molecule has 1 heteroatoms. The summed E-state index contributed by atoms with van der Waals surface area (Å²) in [5.41, 5.74) is 3.86. The second-order valence-electron chi connectivity index (χ2n) is 8.65. The van der Waals surface area contributed by atoms with Crippen LogP contribution in [0.4, 0.5) is 4.39 Å². The second-order valence-corrected chi connectivity index (χ2v) is 8.65. The molecule has 0 atom stereocenters. The summed E-state index contributed by atoms with van der Waals surface area (Å²) < 4.78 is 14.8. The Morgan fingerprint density at radius 2 is 1.73 bits per heavy atom. The maximum absolute atomic E-state index is 14.8. The van der Waals surface area contributed by atoms with Gasteiger partial charge in [-0.3, -0.25) is 0 Å². The maximum Gasteiger partial charge on any atom is 0.146 e. The minimum absolute atomic E-state index is 0.234. The van der Waals surface area contributed by atoms with Gasteiger partial charge in [0.15, 0.2) is 0 Å². The van der Waals surface area contributed by atoms with Crippen LogP contribution in [0.2, 0.25) is 0 Å². The van der Waals surface area contributed by atoms with Crippen LogP contribution in [0.25, 0.3) is 10.8 Å². The Morgan fingerprint density at radius 1 is 0.967 bits per heavy atom. The fraction of sp³-hybridized carbons (Fsp3) is 0.310. The SMILES string of the molecule is C=CC1CCC(CCc2ccc(C#Cc3ccc4cc(C)ccc4c3F)cc2)CC1. The highest BCUT2D eigenvalue weighted by atomic mass is 19.1. The van der Waals surface area contributed by atoms with Gasteiger partial charge >= 0.3 is 0 Å². The predicted octanol–water partition coefficient (Wildman–Crippen LogP) is 7.61. The molecule has 0 amide bonds. The van der Waals surface area contributed by atoms with Crippen molar-refractivity contribution in [2.75, 3.05) is 0 Å². The number of hydrogen-bond acceptors (Lipinski definition) is 0. The number of halogens is 1. The van der Waals surface area contributed by atoms with Gasteiger partial charge in [0.2, 0.25) is 0 Å². The zero-order valence-corrected chi connectivity index (χ0v) is 17.8. The zero-order chi connectivity index (χ0) is 20.9. The molecule has 0 unspecified atom stereocenters. The van der Waals surface area contributed by atoms with E-state index in [1.54, 1.807) is 6.07 Å². The largest absolute Gasteiger partial charge is 0.205 e. The lowest BCUT2D eigenvalue weighted by molar-refractivity contribution is 0.296. The van der Waals surface area contributed by atoms with Gasteiger partial charge in [0.05, 0.1) is 5.56 Å². The zero-order valence-electron chi connectivity index (χ0n) is 17.8. The Balaban J connectivity index is 1.39. The molecule has 0 radical (unpaired) electrons. The van der Waals surface area contributed by atoms with Crippen molar-refractivity contribution in [3.63, 3.8) is 0 Å². The summed E-state index contributed by atoms with van der Waals surface area (Å²) in [6.45, 7) is 5.95. The van der Waals surface area contributed by atoms with E-state index in [9.17, 15) is 4.39 Å². The highest BCUT2D eigenvalue weighted by Crippen LogP contribution is 2.32. The molecule has 0 spiro atoms. The molecule has 0 N–H and O–H groups in total. The van der Waals surface area contributed by atoms with Crippen LogP contribution in [-0.2, 0) is 6.42 Å². The third-order valence-electron chi connectivity index (χ3n) is 6.47. The molecule has 30 heavy (non-hydrogen) atoms. The lowest BCUT2D eigenvalue weighted by atomic mass is 9.79. The van der Waals surface area contributed by atoms with Gasteiger partial charge in [0.25, 0.3) is 0 Å². The summed E-state index contributed by atoms with van der Waals surface area (Å²) in [7, 11) is 0. The van der Waals surface area contributed by atoms with Crippen molar-refractivity contribution in [1.82, 2.24) is 0 Å². The normalized spacial score (nSPS) is 18.6. The molecule has 0 heterocycles. The Labute approximate surface area is 179 Å². The van der Waals surface area contributed by atoms with Crippen LogP contribution >= 0.6 is 0 Å². The molecule has 3 aromatic rings. The fourth-order valence-corrected chi connectivity index (χ4v) is 4.49. The second kappa shape index (κ2) is 9.31. The van der Waals surface area contributed by atoms with E-state index < -0.39 is 0 Å². The summed E-state index contributed by atoms with van der Waals surface area (Å²) in [5, 5.41) is 1.55. The molecule has 0 aromatic heterocycles. The Bertz CT molecular complexity index is 1090. The van der Waals surface area contributed by atoms with Crippen molar-refractivity contribution in [1.29, 1.82) is 0 Å². The van der Waals surface area contributed by atoms with Gasteiger partial charge in [0.1, 0.15) is 5.82 Å². The molecule has 0 saturated heterocycles. The predicted molar refractivity (Wildman–Crippen MR) is 125 cm³/mol. The smallest absolute Gasteiger partial charge is 0.146 e. The van der Waals surface area contributed by atoms with Crippen LogP contribution in [0.5, 0.6) is 0 Å². The van der Waals surface area contributed by atoms with Crippen molar-refractivity contribution in [3.05, 3.63) is 95.3 Å². The number of allylic oxidation sites excluding steroid dienone is 1. The monoisotopic (exact) mass is 396 g/mol. The highest BCUT2D eigenvalue weighted by Gasteiger charge is 2.18.